The molecule has 2 aromatic rings. The first-order chi connectivity index (χ1) is 10.7. The number of nitrogens with zero attached hydrogens (tertiary/aromatic N) is 1. The standard InChI is InChI=1S/C11H16N.C7H8O3S/c1-3-12(2)8-10-6-4-5-7-11(10)9-12;1-6-2-4-7(5-3-6)11(8,9)10/h4-7H,3,8-9H2,1-2H3;2-5H,1H3,(H,8,9,10)/q+1;. The minimum Gasteiger partial charge on any atom is -0.319 e. The van der Waals surface area contributed by atoms with Crippen LogP contribution in [0, 0.1) is 6.92 Å². The SMILES string of the molecule is CC[N+]1(C)Cc2ccccc2C1.Cc1ccc(S(=O)(=O)O)cc1. The third-order valence-electron chi connectivity index (χ3n) is 4.30. The van der Waals surface area contributed by atoms with E-state index in [0.717, 1.165) is 5.56 Å². The molecule has 5 heteroatoms. The van der Waals surface area contributed by atoms with Gasteiger partial charge in [0, 0.05) is 11.1 Å². The second kappa shape index (κ2) is 6.83. The predicted octanol–water partition coefficient (Wildman–Crippen LogP) is 3.41. The van der Waals surface area contributed by atoms with E-state index in [9.17, 15) is 8.42 Å². The van der Waals surface area contributed by atoms with E-state index in [4.69, 9.17) is 4.55 Å². The van der Waals surface area contributed by atoms with E-state index < -0.39 is 10.1 Å². The van der Waals surface area contributed by atoms with E-state index in [0.29, 0.717) is 0 Å². The Labute approximate surface area is 138 Å². The summed E-state index contributed by atoms with van der Waals surface area (Å²) in [6.07, 6.45) is 0. The molecule has 1 N–H and O–H groups in total. The first-order valence-electron chi connectivity index (χ1n) is 7.68. The second-order valence-corrected chi connectivity index (χ2v) is 7.73. The van der Waals surface area contributed by atoms with Gasteiger partial charge in [-0.3, -0.25) is 4.55 Å². The first-order valence-corrected chi connectivity index (χ1v) is 9.12. The number of rotatable bonds is 2. The second-order valence-electron chi connectivity index (χ2n) is 6.31. The van der Waals surface area contributed by atoms with Gasteiger partial charge in [0.15, 0.2) is 0 Å². The lowest BCUT2D eigenvalue weighted by Gasteiger charge is -2.27. The van der Waals surface area contributed by atoms with Crippen molar-refractivity contribution in [2.24, 2.45) is 0 Å². The minimum atomic E-state index is -4.02. The van der Waals surface area contributed by atoms with Gasteiger partial charge in [-0.05, 0) is 26.0 Å². The molecule has 4 nitrogen and oxygen atoms in total. The summed E-state index contributed by atoms with van der Waals surface area (Å²) in [5.41, 5.74) is 4.04. The number of hydrogen-bond acceptors (Lipinski definition) is 2. The summed E-state index contributed by atoms with van der Waals surface area (Å²) in [4.78, 5) is -0.0666. The monoisotopic (exact) mass is 334 g/mol. The van der Waals surface area contributed by atoms with E-state index in [2.05, 4.69) is 38.2 Å². The van der Waals surface area contributed by atoms with Crippen molar-refractivity contribution < 1.29 is 17.5 Å². The van der Waals surface area contributed by atoms with E-state index in [1.54, 1.807) is 23.3 Å². The Kier molecular flexibility index (Phi) is 5.24. The van der Waals surface area contributed by atoms with Crippen molar-refractivity contribution in [2.75, 3.05) is 13.6 Å². The molecule has 1 aliphatic heterocycles. The molecule has 0 bridgehead atoms. The Hall–Kier alpha value is -1.69. The van der Waals surface area contributed by atoms with Crippen LogP contribution >= 0.6 is 0 Å². The van der Waals surface area contributed by atoms with Crippen LogP contribution in [0.1, 0.15) is 23.6 Å². The zero-order chi connectivity index (χ0) is 17.1. The highest BCUT2D eigenvalue weighted by molar-refractivity contribution is 7.85. The fourth-order valence-corrected chi connectivity index (χ4v) is 3.16. The van der Waals surface area contributed by atoms with Crippen LogP contribution in [0.25, 0.3) is 0 Å². The van der Waals surface area contributed by atoms with Gasteiger partial charge in [0.2, 0.25) is 0 Å². The largest absolute Gasteiger partial charge is 0.319 e. The lowest BCUT2D eigenvalue weighted by molar-refractivity contribution is -0.927. The van der Waals surface area contributed by atoms with Crippen LogP contribution < -0.4 is 0 Å². The summed E-state index contributed by atoms with van der Waals surface area (Å²) < 4.78 is 30.7. The summed E-state index contributed by atoms with van der Waals surface area (Å²) in [5, 5.41) is 0. The molecule has 0 radical (unpaired) electrons. The van der Waals surface area contributed by atoms with Crippen LogP contribution in [-0.4, -0.2) is 31.0 Å². The highest BCUT2D eigenvalue weighted by atomic mass is 32.2. The Bertz CT molecular complexity index is 742. The summed E-state index contributed by atoms with van der Waals surface area (Å²) in [7, 11) is -1.69. The van der Waals surface area contributed by atoms with Gasteiger partial charge < -0.3 is 4.48 Å². The predicted molar refractivity (Wildman–Crippen MR) is 91.6 cm³/mol. The zero-order valence-corrected chi connectivity index (χ0v) is 14.7. The molecule has 0 amide bonds. The normalized spacial score (nSPS) is 15.5. The summed E-state index contributed by atoms with van der Waals surface area (Å²) >= 11 is 0. The van der Waals surface area contributed by atoms with Crippen LogP contribution in [0.2, 0.25) is 0 Å². The lowest BCUT2D eigenvalue weighted by Crippen LogP contribution is -2.37. The molecule has 23 heavy (non-hydrogen) atoms. The number of aryl methyl sites for hydroxylation is 1. The smallest absolute Gasteiger partial charge is 0.294 e. The van der Waals surface area contributed by atoms with Gasteiger partial charge in [-0.25, -0.2) is 0 Å². The highest BCUT2D eigenvalue weighted by Crippen LogP contribution is 2.27. The number of benzene rings is 2. The van der Waals surface area contributed by atoms with Crippen LogP contribution in [0.4, 0.5) is 0 Å². The molecule has 124 valence electrons. The van der Waals surface area contributed by atoms with Gasteiger partial charge in [-0.15, -0.1) is 0 Å². The topological polar surface area (TPSA) is 54.4 Å². The molecule has 0 aromatic heterocycles. The molecule has 0 fully saturated rings. The quantitative estimate of drug-likeness (QED) is 0.676. The van der Waals surface area contributed by atoms with Gasteiger partial charge >= 0.3 is 0 Å². The van der Waals surface area contributed by atoms with Gasteiger partial charge in [-0.2, -0.15) is 8.42 Å². The molecule has 2 aromatic carbocycles. The molecule has 1 heterocycles. The van der Waals surface area contributed by atoms with Crippen LogP contribution in [0.5, 0.6) is 0 Å². The first kappa shape index (κ1) is 17.7. The van der Waals surface area contributed by atoms with Gasteiger partial charge in [-0.1, -0.05) is 42.0 Å². The van der Waals surface area contributed by atoms with E-state index in [-0.39, 0.29) is 4.90 Å². The van der Waals surface area contributed by atoms with Crippen molar-refractivity contribution in [1.29, 1.82) is 0 Å². The molecule has 0 saturated carbocycles. The Balaban J connectivity index is 0.000000168. The molecule has 0 spiro atoms. The minimum absolute atomic E-state index is 0.0666. The fourth-order valence-electron chi connectivity index (χ4n) is 2.68. The van der Waals surface area contributed by atoms with Gasteiger partial charge in [0.25, 0.3) is 10.1 Å². The highest BCUT2D eigenvalue weighted by Gasteiger charge is 2.29. The maximum atomic E-state index is 10.5. The summed E-state index contributed by atoms with van der Waals surface area (Å²) in [6, 6.07) is 14.8. The van der Waals surface area contributed by atoms with Crippen LogP contribution in [-0.2, 0) is 23.2 Å². The van der Waals surface area contributed by atoms with Gasteiger partial charge in [0.1, 0.15) is 13.1 Å². The van der Waals surface area contributed by atoms with Crippen LogP contribution in [0.3, 0.4) is 0 Å². The van der Waals surface area contributed by atoms with Gasteiger partial charge in [0.05, 0.1) is 18.5 Å². The van der Waals surface area contributed by atoms with E-state index in [1.807, 2.05) is 6.92 Å². The molecular weight excluding hydrogens is 310 g/mol. The Morgan fingerprint density at radius 2 is 1.48 bits per heavy atom. The molecule has 0 atom stereocenters. The molecule has 0 unspecified atom stereocenters. The third kappa shape index (κ3) is 4.64. The fraction of sp³-hybridized carbons (Fsp3) is 0.333. The number of quaternary nitrogens is 1. The zero-order valence-electron chi connectivity index (χ0n) is 13.9. The Morgan fingerprint density at radius 3 is 1.87 bits per heavy atom. The van der Waals surface area contributed by atoms with Crippen molar-refractivity contribution in [3.8, 4) is 0 Å². The number of fused-ring (bicyclic) bond motifs is 1. The molecular formula is C18H24NO3S+. The molecule has 0 saturated heterocycles. The summed E-state index contributed by atoms with van der Waals surface area (Å²) in [5.74, 6) is 0. The molecule has 1 aliphatic rings. The van der Waals surface area contributed by atoms with E-state index in [1.165, 1.54) is 36.3 Å². The molecule has 3 rings (SSSR count). The average Bonchev–Trinajstić information content (AvgIpc) is 2.84. The molecule has 0 aliphatic carbocycles. The third-order valence-corrected chi connectivity index (χ3v) is 5.17. The van der Waals surface area contributed by atoms with Crippen molar-refractivity contribution in [3.05, 3.63) is 65.2 Å². The maximum Gasteiger partial charge on any atom is 0.294 e. The average molecular weight is 334 g/mol. The van der Waals surface area contributed by atoms with Crippen molar-refractivity contribution in [3.63, 3.8) is 0 Å². The Morgan fingerprint density at radius 1 is 1.00 bits per heavy atom. The maximum absolute atomic E-state index is 10.5. The van der Waals surface area contributed by atoms with E-state index >= 15 is 0 Å². The van der Waals surface area contributed by atoms with Crippen molar-refractivity contribution in [2.45, 2.75) is 31.8 Å². The number of hydrogen-bond donors (Lipinski definition) is 1. The summed E-state index contributed by atoms with van der Waals surface area (Å²) in [6.45, 7) is 7.77. The lowest BCUT2D eigenvalue weighted by atomic mass is 10.1. The van der Waals surface area contributed by atoms with Crippen molar-refractivity contribution >= 4 is 10.1 Å². The van der Waals surface area contributed by atoms with Crippen LogP contribution in [0.15, 0.2) is 53.4 Å². The van der Waals surface area contributed by atoms with Crippen molar-refractivity contribution in [1.82, 2.24) is 0 Å².